The molecule has 1 saturated heterocycles. The molecule has 1 fully saturated rings. The predicted molar refractivity (Wildman–Crippen MR) is 74.1 cm³/mol. The maximum atomic E-state index is 11.7. The standard InChI is InChI=1S/C13H18ClN3O/c14-11-6-1-2-7-12(11)17-13(18)16-9-10-5-3-4-8-15-10/h1-2,6-7,10,15H,3-5,8-9H2,(H2,16,17,18). The lowest BCUT2D eigenvalue weighted by Gasteiger charge is -2.23. The molecular weight excluding hydrogens is 250 g/mol. The maximum Gasteiger partial charge on any atom is 0.319 e. The van der Waals surface area contributed by atoms with E-state index in [0.717, 1.165) is 13.0 Å². The third kappa shape index (κ3) is 3.89. The van der Waals surface area contributed by atoms with Gasteiger partial charge in [0.15, 0.2) is 0 Å². The number of para-hydroxylation sites is 1. The number of hydrogen-bond donors (Lipinski definition) is 3. The maximum absolute atomic E-state index is 11.7. The fraction of sp³-hybridized carbons (Fsp3) is 0.462. The molecule has 1 aromatic carbocycles. The molecule has 2 rings (SSSR count). The van der Waals surface area contributed by atoms with Crippen LogP contribution in [0.4, 0.5) is 10.5 Å². The third-order valence-electron chi connectivity index (χ3n) is 3.04. The van der Waals surface area contributed by atoms with Crippen LogP contribution < -0.4 is 16.0 Å². The lowest BCUT2D eigenvalue weighted by atomic mass is 10.1. The summed E-state index contributed by atoms with van der Waals surface area (Å²) in [5, 5.41) is 9.52. The number of piperidine rings is 1. The van der Waals surface area contributed by atoms with E-state index in [1.165, 1.54) is 12.8 Å². The number of hydrogen-bond acceptors (Lipinski definition) is 2. The van der Waals surface area contributed by atoms with Crippen molar-refractivity contribution in [2.45, 2.75) is 25.3 Å². The largest absolute Gasteiger partial charge is 0.336 e. The molecule has 5 heteroatoms. The highest BCUT2D eigenvalue weighted by Crippen LogP contribution is 2.20. The van der Waals surface area contributed by atoms with Gasteiger partial charge in [-0.3, -0.25) is 0 Å². The topological polar surface area (TPSA) is 53.2 Å². The Morgan fingerprint density at radius 1 is 1.39 bits per heavy atom. The predicted octanol–water partition coefficient (Wildman–Crippen LogP) is 2.60. The number of carbonyl (C=O) groups excluding carboxylic acids is 1. The van der Waals surface area contributed by atoms with Crippen LogP contribution in [0.1, 0.15) is 19.3 Å². The molecule has 0 radical (unpaired) electrons. The average molecular weight is 268 g/mol. The van der Waals surface area contributed by atoms with E-state index in [0.29, 0.717) is 23.3 Å². The summed E-state index contributed by atoms with van der Waals surface area (Å²) < 4.78 is 0. The average Bonchev–Trinajstić information content (AvgIpc) is 2.40. The second-order valence-electron chi connectivity index (χ2n) is 4.46. The number of anilines is 1. The minimum Gasteiger partial charge on any atom is -0.336 e. The van der Waals surface area contributed by atoms with Crippen LogP contribution in [-0.4, -0.2) is 25.2 Å². The van der Waals surface area contributed by atoms with Crippen LogP contribution in [0.3, 0.4) is 0 Å². The van der Waals surface area contributed by atoms with E-state index in [-0.39, 0.29) is 6.03 Å². The van der Waals surface area contributed by atoms with E-state index < -0.39 is 0 Å². The van der Waals surface area contributed by atoms with Crippen molar-refractivity contribution in [2.24, 2.45) is 0 Å². The summed E-state index contributed by atoms with van der Waals surface area (Å²) in [4.78, 5) is 11.7. The molecule has 3 N–H and O–H groups in total. The Bertz CT molecular complexity index is 405. The van der Waals surface area contributed by atoms with Gasteiger partial charge in [0.05, 0.1) is 10.7 Å². The van der Waals surface area contributed by atoms with Crippen LogP contribution in [0.5, 0.6) is 0 Å². The lowest BCUT2D eigenvalue weighted by Crippen LogP contribution is -2.44. The van der Waals surface area contributed by atoms with Gasteiger partial charge in [-0.2, -0.15) is 0 Å². The summed E-state index contributed by atoms with van der Waals surface area (Å²) in [7, 11) is 0. The van der Waals surface area contributed by atoms with Crippen molar-refractivity contribution in [1.82, 2.24) is 10.6 Å². The van der Waals surface area contributed by atoms with Gasteiger partial charge < -0.3 is 16.0 Å². The number of carbonyl (C=O) groups is 1. The third-order valence-corrected chi connectivity index (χ3v) is 3.37. The number of urea groups is 1. The quantitative estimate of drug-likeness (QED) is 0.789. The zero-order valence-corrected chi connectivity index (χ0v) is 11.0. The van der Waals surface area contributed by atoms with Gasteiger partial charge in [-0.05, 0) is 31.5 Å². The van der Waals surface area contributed by atoms with Gasteiger partial charge in [0.2, 0.25) is 0 Å². The molecule has 1 unspecified atom stereocenters. The van der Waals surface area contributed by atoms with Crippen LogP contribution in [0.25, 0.3) is 0 Å². The molecule has 0 bridgehead atoms. The summed E-state index contributed by atoms with van der Waals surface area (Å²) >= 11 is 5.96. The molecule has 0 saturated carbocycles. The molecule has 0 aliphatic carbocycles. The highest BCUT2D eigenvalue weighted by molar-refractivity contribution is 6.33. The summed E-state index contributed by atoms with van der Waals surface area (Å²) in [5.74, 6) is 0. The van der Waals surface area contributed by atoms with Crippen molar-refractivity contribution in [3.8, 4) is 0 Å². The number of rotatable bonds is 3. The first-order chi connectivity index (χ1) is 8.75. The highest BCUT2D eigenvalue weighted by atomic mass is 35.5. The second kappa shape index (κ2) is 6.61. The number of nitrogens with one attached hydrogen (secondary N) is 3. The van der Waals surface area contributed by atoms with Gasteiger partial charge in [0.1, 0.15) is 0 Å². The second-order valence-corrected chi connectivity index (χ2v) is 4.87. The Hall–Kier alpha value is -1.26. The molecule has 18 heavy (non-hydrogen) atoms. The zero-order chi connectivity index (χ0) is 12.8. The van der Waals surface area contributed by atoms with Crippen LogP contribution in [0.15, 0.2) is 24.3 Å². The van der Waals surface area contributed by atoms with Gasteiger partial charge in [-0.15, -0.1) is 0 Å². The Kier molecular flexibility index (Phi) is 4.84. The molecule has 0 spiro atoms. The molecule has 1 aliphatic rings. The van der Waals surface area contributed by atoms with Crippen molar-refractivity contribution >= 4 is 23.3 Å². The molecule has 1 aromatic rings. The number of halogens is 1. The van der Waals surface area contributed by atoms with Crippen molar-refractivity contribution in [2.75, 3.05) is 18.4 Å². The first-order valence-electron chi connectivity index (χ1n) is 6.28. The molecular formula is C13H18ClN3O. The zero-order valence-electron chi connectivity index (χ0n) is 10.2. The van der Waals surface area contributed by atoms with Crippen molar-refractivity contribution in [3.05, 3.63) is 29.3 Å². The fourth-order valence-corrected chi connectivity index (χ4v) is 2.23. The molecule has 4 nitrogen and oxygen atoms in total. The van der Waals surface area contributed by atoms with Crippen LogP contribution in [0.2, 0.25) is 5.02 Å². The lowest BCUT2D eigenvalue weighted by molar-refractivity contribution is 0.249. The number of amides is 2. The molecule has 1 atom stereocenters. The molecule has 98 valence electrons. The summed E-state index contributed by atoms with van der Waals surface area (Å²) in [6.07, 6.45) is 3.57. The monoisotopic (exact) mass is 267 g/mol. The van der Waals surface area contributed by atoms with Gasteiger partial charge in [-0.25, -0.2) is 4.79 Å². The Morgan fingerprint density at radius 3 is 2.94 bits per heavy atom. The van der Waals surface area contributed by atoms with Crippen molar-refractivity contribution in [1.29, 1.82) is 0 Å². The van der Waals surface area contributed by atoms with Crippen LogP contribution >= 0.6 is 11.6 Å². The SMILES string of the molecule is O=C(NCC1CCCCN1)Nc1ccccc1Cl. The number of benzene rings is 1. The van der Waals surface area contributed by atoms with Crippen molar-refractivity contribution in [3.63, 3.8) is 0 Å². The molecule has 2 amide bonds. The van der Waals surface area contributed by atoms with E-state index in [1.54, 1.807) is 12.1 Å². The van der Waals surface area contributed by atoms with Crippen LogP contribution in [0, 0.1) is 0 Å². The van der Waals surface area contributed by atoms with E-state index in [4.69, 9.17) is 11.6 Å². The summed E-state index contributed by atoms with van der Waals surface area (Å²) in [5.41, 5.74) is 0.633. The molecule has 1 heterocycles. The Labute approximate surface area is 112 Å². The first-order valence-corrected chi connectivity index (χ1v) is 6.66. The fourth-order valence-electron chi connectivity index (χ4n) is 2.04. The van der Waals surface area contributed by atoms with Gasteiger partial charge in [0, 0.05) is 12.6 Å². The summed E-state index contributed by atoms with van der Waals surface area (Å²) in [6.45, 7) is 1.69. The minimum absolute atomic E-state index is 0.213. The Morgan fingerprint density at radius 2 is 2.22 bits per heavy atom. The van der Waals surface area contributed by atoms with E-state index in [1.807, 2.05) is 12.1 Å². The van der Waals surface area contributed by atoms with Gasteiger partial charge >= 0.3 is 6.03 Å². The molecule has 1 aliphatic heterocycles. The minimum atomic E-state index is -0.213. The summed E-state index contributed by atoms with van der Waals surface area (Å²) in [6, 6.07) is 7.37. The van der Waals surface area contributed by atoms with E-state index in [2.05, 4.69) is 16.0 Å². The normalized spacial score (nSPS) is 19.3. The smallest absolute Gasteiger partial charge is 0.319 e. The van der Waals surface area contributed by atoms with Crippen molar-refractivity contribution < 1.29 is 4.79 Å². The van der Waals surface area contributed by atoms with E-state index in [9.17, 15) is 4.79 Å². The van der Waals surface area contributed by atoms with Gasteiger partial charge in [-0.1, -0.05) is 30.2 Å². The van der Waals surface area contributed by atoms with Gasteiger partial charge in [0.25, 0.3) is 0 Å². The highest BCUT2D eigenvalue weighted by Gasteiger charge is 2.13. The van der Waals surface area contributed by atoms with Crippen LogP contribution in [-0.2, 0) is 0 Å². The first kappa shape index (κ1) is 13.2. The van der Waals surface area contributed by atoms with E-state index >= 15 is 0 Å². The Balaban J connectivity index is 1.76. The molecule has 0 aromatic heterocycles.